The number of nitriles is 1. The van der Waals surface area contributed by atoms with Crippen LogP contribution >= 0.6 is 11.3 Å². The fourth-order valence-corrected chi connectivity index (χ4v) is 3.92. The van der Waals surface area contributed by atoms with E-state index in [0.717, 1.165) is 4.88 Å². The average molecular weight is 433 g/mol. The molecule has 0 radical (unpaired) electrons. The lowest BCUT2D eigenvalue weighted by Crippen LogP contribution is -2.17. The lowest BCUT2D eigenvalue weighted by Gasteiger charge is -2.18. The highest BCUT2D eigenvalue weighted by Crippen LogP contribution is 2.33. The maximum absolute atomic E-state index is 12.6. The molecule has 8 nitrogen and oxygen atoms in total. The number of non-ortho nitro benzene ring substituents is 1. The van der Waals surface area contributed by atoms with Gasteiger partial charge in [0.05, 0.1) is 4.92 Å². The molecule has 1 amide bonds. The van der Waals surface area contributed by atoms with Crippen LogP contribution in [-0.2, 0) is 4.79 Å². The van der Waals surface area contributed by atoms with Gasteiger partial charge in [0.1, 0.15) is 24.9 Å². The molecule has 0 spiro atoms. The molecule has 0 bridgehead atoms. The van der Waals surface area contributed by atoms with Crippen LogP contribution < -0.4 is 14.8 Å². The Morgan fingerprint density at radius 2 is 1.94 bits per heavy atom. The zero-order valence-electron chi connectivity index (χ0n) is 16.0. The Kier molecular flexibility index (Phi) is 5.64. The molecular formula is C22H15N3O5S. The Hall–Kier alpha value is -4.16. The second-order valence-electron chi connectivity index (χ2n) is 6.49. The number of amides is 1. The number of nitro benzene ring substituents is 1. The number of nitro groups is 1. The van der Waals surface area contributed by atoms with E-state index >= 15 is 0 Å². The highest BCUT2D eigenvalue weighted by Gasteiger charge is 2.15. The smallest absolute Gasteiger partial charge is 0.270 e. The fraction of sp³-hybridized carbons (Fsp3) is 0.0909. The van der Waals surface area contributed by atoms with Crippen molar-refractivity contribution in [2.75, 3.05) is 18.5 Å². The van der Waals surface area contributed by atoms with Crippen LogP contribution in [-0.4, -0.2) is 24.0 Å². The molecule has 1 aliphatic heterocycles. The summed E-state index contributed by atoms with van der Waals surface area (Å²) in [7, 11) is 0. The number of fused-ring (bicyclic) bond motifs is 1. The maximum atomic E-state index is 12.6. The topological polar surface area (TPSA) is 114 Å². The molecule has 1 N–H and O–H groups in total. The van der Waals surface area contributed by atoms with E-state index in [0.29, 0.717) is 40.8 Å². The molecule has 154 valence electrons. The lowest BCUT2D eigenvalue weighted by atomic mass is 10.1. The summed E-state index contributed by atoms with van der Waals surface area (Å²) in [6.07, 6.45) is 1.48. The first-order chi connectivity index (χ1) is 15.0. The van der Waals surface area contributed by atoms with Crippen LogP contribution in [0.25, 0.3) is 16.5 Å². The Balaban J connectivity index is 1.52. The molecule has 0 unspecified atom stereocenters. The number of hydrogen-bond donors (Lipinski definition) is 1. The number of anilines is 1. The van der Waals surface area contributed by atoms with Gasteiger partial charge in [0.2, 0.25) is 0 Å². The summed E-state index contributed by atoms with van der Waals surface area (Å²) in [4.78, 5) is 24.6. The van der Waals surface area contributed by atoms with E-state index in [1.807, 2.05) is 6.07 Å². The van der Waals surface area contributed by atoms with Crippen LogP contribution in [0.5, 0.6) is 11.5 Å². The molecule has 31 heavy (non-hydrogen) atoms. The number of rotatable bonds is 5. The largest absolute Gasteiger partial charge is 0.486 e. The van der Waals surface area contributed by atoms with Gasteiger partial charge in [-0.3, -0.25) is 14.9 Å². The number of hydrogen-bond acceptors (Lipinski definition) is 7. The van der Waals surface area contributed by atoms with E-state index in [1.54, 1.807) is 42.5 Å². The zero-order chi connectivity index (χ0) is 21.8. The zero-order valence-corrected chi connectivity index (χ0v) is 16.8. The van der Waals surface area contributed by atoms with E-state index in [2.05, 4.69) is 5.32 Å². The van der Waals surface area contributed by atoms with Crippen molar-refractivity contribution in [3.63, 3.8) is 0 Å². The number of carbonyl (C=O) groups is 1. The van der Waals surface area contributed by atoms with E-state index < -0.39 is 10.8 Å². The molecule has 9 heteroatoms. The van der Waals surface area contributed by atoms with E-state index in [1.165, 1.54) is 29.5 Å². The molecule has 4 rings (SSSR count). The van der Waals surface area contributed by atoms with Gasteiger partial charge < -0.3 is 14.8 Å². The molecule has 1 aromatic heterocycles. The molecule has 2 heterocycles. The predicted molar refractivity (Wildman–Crippen MR) is 116 cm³/mol. The van der Waals surface area contributed by atoms with Gasteiger partial charge in [0.15, 0.2) is 11.5 Å². The Bertz CT molecular complexity index is 1240. The van der Waals surface area contributed by atoms with Crippen molar-refractivity contribution < 1.29 is 19.2 Å². The van der Waals surface area contributed by atoms with E-state index in [4.69, 9.17) is 9.47 Å². The Labute approximate surface area is 181 Å². The summed E-state index contributed by atoms with van der Waals surface area (Å²) in [5, 5.41) is 23.1. The molecule has 0 saturated carbocycles. The van der Waals surface area contributed by atoms with Crippen molar-refractivity contribution in [2.24, 2.45) is 0 Å². The first-order valence-electron chi connectivity index (χ1n) is 9.21. The van der Waals surface area contributed by atoms with Gasteiger partial charge in [-0.25, -0.2) is 0 Å². The second-order valence-corrected chi connectivity index (χ2v) is 7.61. The number of nitrogens with zero attached hydrogens (tertiary/aromatic N) is 2. The molecule has 2 aromatic carbocycles. The van der Waals surface area contributed by atoms with Crippen LogP contribution in [0.3, 0.4) is 0 Å². The van der Waals surface area contributed by atoms with Crippen LogP contribution in [0.1, 0.15) is 4.88 Å². The van der Waals surface area contributed by atoms with Crippen molar-refractivity contribution in [3.8, 4) is 28.0 Å². The highest BCUT2D eigenvalue weighted by molar-refractivity contribution is 7.16. The minimum atomic E-state index is -0.551. The second kappa shape index (κ2) is 8.69. The Morgan fingerprint density at radius 1 is 1.13 bits per heavy atom. The summed E-state index contributed by atoms with van der Waals surface area (Å²) < 4.78 is 11.0. The van der Waals surface area contributed by atoms with Crippen molar-refractivity contribution in [1.29, 1.82) is 5.26 Å². The van der Waals surface area contributed by atoms with Gasteiger partial charge in [-0.1, -0.05) is 12.1 Å². The first-order valence-corrected chi connectivity index (χ1v) is 10.0. The number of thiophene rings is 1. The molecule has 0 saturated heterocycles. The summed E-state index contributed by atoms with van der Waals surface area (Å²) >= 11 is 1.33. The minimum absolute atomic E-state index is 0.000451. The molecule has 0 aliphatic carbocycles. The number of benzene rings is 2. The number of carbonyl (C=O) groups excluding carboxylic acids is 1. The fourth-order valence-electron chi connectivity index (χ4n) is 2.97. The normalized spacial score (nSPS) is 12.7. The summed E-state index contributed by atoms with van der Waals surface area (Å²) in [5.74, 6) is 0.587. The first kappa shape index (κ1) is 20.1. The van der Waals surface area contributed by atoms with E-state index in [9.17, 15) is 20.2 Å². The van der Waals surface area contributed by atoms with Crippen molar-refractivity contribution in [2.45, 2.75) is 0 Å². The third kappa shape index (κ3) is 4.55. The van der Waals surface area contributed by atoms with Crippen molar-refractivity contribution >= 4 is 34.7 Å². The van der Waals surface area contributed by atoms with E-state index in [-0.39, 0.29) is 11.3 Å². The van der Waals surface area contributed by atoms with Crippen molar-refractivity contribution in [3.05, 3.63) is 75.2 Å². The van der Waals surface area contributed by atoms with Crippen LogP contribution in [0.4, 0.5) is 11.4 Å². The summed E-state index contributed by atoms with van der Waals surface area (Å²) in [5.41, 5.74) is 1.11. The predicted octanol–water partition coefficient (Wildman–Crippen LogP) is 4.64. The van der Waals surface area contributed by atoms with Gasteiger partial charge in [0, 0.05) is 33.6 Å². The average Bonchev–Trinajstić information content (AvgIpc) is 3.26. The Morgan fingerprint density at radius 3 is 2.71 bits per heavy atom. The SMILES string of the molecule is N#C/C(=C\c1ccc(-c2cccc([N+](=O)[O-])c2)s1)C(=O)Nc1ccc2c(c1)OCCO2. The molecule has 1 aliphatic rings. The van der Waals surface area contributed by atoms with Gasteiger partial charge >= 0.3 is 0 Å². The van der Waals surface area contributed by atoms with Crippen LogP contribution in [0.15, 0.2) is 60.2 Å². The van der Waals surface area contributed by atoms with Gasteiger partial charge in [-0.15, -0.1) is 11.3 Å². The summed E-state index contributed by atoms with van der Waals surface area (Å²) in [6.45, 7) is 0.901. The van der Waals surface area contributed by atoms with Crippen LogP contribution in [0, 0.1) is 21.4 Å². The standard InChI is InChI=1S/C22H15N3O5S/c23-13-15(22(26)24-16-4-6-19-20(12-16)30-9-8-29-19)11-18-5-7-21(31-18)14-2-1-3-17(10-14)25(27)28/h1-7,10-12H,8-9H2,(H,24,26)/b15-11+. The minimum Gasteiger partial charge on any atom is -0.486 e. The summed E-state index contributed by atoms with van der Waals surface area (Å²) in [6, 6.07) is 16.8. The van der Waals surface area contributed by atoms with Crippen LogP contribution in [0.2, 0.25) is 0 Å². The van der Waals surface area contributed by atoms with Crippen molar-refractivity contribution in [1.82, 2.24) is 0 Å². The number of nitrogens with one attached hydrogen (secondary N) is 1. The van der Waals surface area contributed by atoms with Gasteiger partial charge in [-0.2, -0.15) is 5.26 Å². The quantitative estimate of drug-likeness (QED) is 0.271. The van der Waals surface area contributed by atoms with Gasteiger partial charge in [0.25, 0.3) is 11.6 Å². The number of ether oxygens (including phenoxy) is 2. The molecule has 3 aromatic rings. The van der Waals surface area contributed by atoms with Gasteiger partial charge in [-0.05, 0) is 35.9 Å². The maximum Gasteiger partial charge on any atom is 0.270 e. The third-order valence-corrected chi connectivity index (χ3v) is 5.50. The molecular weight excluding hydrogens is 418 g/mol. The lowest BCUT2D eigenvalue weighted by molar-refractivity contribution is -0.384. The monoisotopic (exact) mass is 433 g/mol. The highest BCUT2D eigenvalue weighted by atomic mass is 32.1. The molecule has 0 fully saturated rings. The molecule has 0 atom stereocenters. The third-order valence-electron chi connectivity index (χ3n) is 4.42.